The third kappa shape index (κ3) is 2.56. The minimum Gasteiger partial charge on any atom is -0.481 e. The number of hydrogen-bond acceptors (Lipinski definition) is 3. The van der Waals surface area contributed by atoms with Gasteiger partial charge in [0.05, 0.1) is 11.6 Å². The Balaban J connectivity index is 2.25. The van der Waals surface area contributed by atoms with E-state index in [1.165, 1.54) is 0 Å². The molecule has 0 aromatic carbocycles. The van der Waals surface area contributed by atoms with Gasteiger partial charge >= 0.3 is 5.97 Å². The van der Waals surface area contributed by atoms with Crippen LogP contribution in [0.15, 0.2) is 24.5 Å². The number of nitrogens with zero attached hydrogens (tertiary/aromatic N) is 2. The number of aromatic nitrogens is 3. The van der Waals surface area contributed by atoms with E-state index in [9.17, 15) is 4.79 Å². The molecule has 0 fully saturated rings. The van der Waals surface area contributed by atoms with E-state index in [4.69, 9.17) is 5.11 Å². The molecule has 0 radical (unpaired) electrons. The number of aliphatic carboxylic acids is 1. The second-order valence-electron chi connectivity index (χ2n) is 4.34. The number of carbonyl (C=O) groups is 1. The van der Waals surface area contributed by atoms with Gasteiger partial charge in [-0.2, -0.15) is 0 Å². The second kappa shape index (κ2) is 5.00. The highest BCUT2D eigenvalue weighted by Gasteiger charge is 2.15. The van der Waals surface area contributed by atoms with Crippen molar-refractivity contribution in [1.29, 1.82) is 0 Å². The smallest absolute Gasteiger partial charge is 0.306 e. The summed E-state index contributed by atoms with van der Waals surface area (Å²) in [6.45, 7) is 3.59. The van der Waals surface area contributed by atoms with Gasteiger partial charge in [-0.15, -0.1) is 0 Å². The molecule has 18 heavy (non-hydrogen) atoms. The van der Waals surface area contributed by atoms with Crippen LogP contribution in [0.2, 0.25) is 0 Å². The Labute approximate surface area is 105 Å². The van der Waals surface area contributed by atoms with Crippen LogP contribution in [0.4, 0.5) is 0 Å². The molecule has 5 nitrogen and oxygen atoms in total. The summed E-state index contributed by atoms with van der Waals surface area (Å²) >= 11 is 0. The molecule has 1 unspecified atom stereocenters. The first kappa shape index (κ1) is 12.3. The Morgan fingerprint density at radius 2 is 2.33 bits per heavy atom. The van der Waals surface area contributed by atoms with Crippen molar-refractivity contribution < 1.29 is 9.90 Å². The molecule has 2 rings (SSSR count). The average Bonchev–Trinajstić information content (AvgIpc) is 2.71. The predicted molar refractivity (Wildman–Crippen MR) is 67.1 cm³/mol. The lowest BCUT2D eigenvalue weighted by Crippen LogP contribution is -2.13. The SMILES string of the molecule is Cc1[nH]c(CC(C)C(=O)O)nc1-c1cccnc1. The number of pyridine rings is 1. The van der Waals surface area contributed by atoms with Gasteiger partial charge in [-0.1, -0.05) is 6.92 Å². The summed E-state index contributed by atoms with van der Waals surface area (Å²) in [5.74, 6) is -0.564. The Kier molecular flexibility index (Phi) is 3.41. The topological polar surface area (TPSA) is 78.9 Å². The molecule has 0 bridgehead atoms. The molecule has 0 aliphatic heterocycles. The Hall–Kier alpha value is -2.17. The first-order valence-corrected chi connectivity index (χ1v) is 5.76. The van der Waals surface area contributed by atoms with Crippen LogP contribution in [0.3, 0.4) is 0 Å². The maximum atomic E-state index is 10.8. The van der Waals surface area contributed by atoms with E-state index in [2.05, 4.69) is 15.0 Å². The van der Waals surface area contributed by atoms with E-state index in [1.54, 1.807) is 19.3 Å². The third-order valence-electron chi connectivity index (χ3n) is 2.79. The fraction of sp³-hybridized carbons (Fsp3) is 0.308. The van der Waals surface area contributed by atoms with Crippen LogP contribution in [0.5, 0.6) is 0 Å². The summed E-state index contributed by atoms with van der Waals surface area (Å²) < 4.78 is 0. The highest BCUT2D eigenvalue weighted by molar-refractivity contribution is 5.69. The second-order valence-corrected chi connectivity index (χ2v) is 4.34. The summed E-state index contributed by atoms with van der Waals surface area (Å²) in [6, 6.07) is 3.78. The minimum atomic E-state index is -0.813. The van der Waals surface area contributed by atoms with E-state index in [0.717, 1.165) is 17.0 Å². The van der Waals surface area contributed by atoms with Gasteiger partial charge in [0, 0.05) is 30.1 Å². The molecule has 0 aliphatic rings. The number of aromatic amines is 1. The molecular formula is C13H15N3O2. The van der Waals surface area contributed by atoms with Gasteiger partial charge in [-0.25, -0.2) is 4.98 Å². The number of imidazole rings is 1. The monoisotopic (exact) mass is 245 g/mol. The van der Waals surface area contributed by atoms with Crippen molar-refractivity contribution in [3.63, 3.8) is 0 Å². The summed E-state index contributed by atoms with van der Waals surface area (Å²) in [7, 11) is 0. The number of nitrogens with one attached hydrogen (secondary N) is 1. The lowest BCUT2D eigenvalue weighted by atomic mass is 10.1. The summed E-state index contributed by atoms with van der Waals surface area (Å²) in [5, 5.41) is 8.88. The Bertz CT molecular complexity index is 549. The van der Waals surface area contributed by atoms with Gasteiger partial charge in [-0.3, -0.25) is 9.78 Å². The van der Waals surface area contributed by atoms with Gasteiger partial charge in [0.2, 0.25) is 0 Å². The molecule has 5 heteroatoms. The van der Waals surface area contributed by atoms with E-state index in [1.807, 2.05) is 19.1 Å². The minimum absolute atomic E-state index is 0.399. The van der Waals surface area contributed by atoms with Crippen LogP contribution in [-0.2, 0) is 11.2 Å². The molecule has 0 amide bonds. The van der Waals surface area contributed by atoms with Crippen LogP contribution in [0.1, 0.15) is 18.4 Å². The molecule has 0 spiro atoms. The number of hydrogen-bond donors (Lipinski definition) is 2. The summed E-state index contributed by atoms with van der Waals surface area (Å²) in [5.41, 5.74) is 2.69. The standard InChI is InChI=1S/C13H15N3O2/c1-8(13(17)18)6-11-15-9(2)12(16-11)10-4-3-5-14-7-10/h3-5,7-8H,6H2,1-2H3,(H,15,16)(H,17,18). The highest BCUT2D eigenvalue weighted by atomic mass is 16.4. The summed E-state index contributed by atoms with van der Waals surface area (Å²) in [4.78, 5) is 22.4. The van der Waals surface area contributed by atoms with Crippen molar-refractivity contribution in [3.05, 3.63) is 36.0 Å². The van der Waals surface area contributed by atoms with Crippen LogP contribution in [0, 0.1) is 12.8 Å². The van der Waals surface area contributed by atoms with Crippen molar-refractivity contribution in [1.82, 2.24) is 15.0 Å². The number of aryl methyl sites for hydroxylation is 1. The van der Waals surface area contributed by atoms with E-state index < -0.39 is 11.9 Å². The molecule has 94 valence electrons. The molecular weight excluding hydrogens is 230 g/mol. The van der Waals surface area contributed by atoms with Crippen LogP contribution >= 0.6 is 0 Å². The van der Waals surface area contributed by atoms with Crippen molar-refractivity contribution in [3.8, 4) is 11.3 Å². The molecule has 2 heterocycles. The molecule has 2 aromatic rings. The van der Waals surface area contributed by atoms with Crippen LogP contribution < -0.4 is 0 Å². The number of carboxylic acids is 1. The number of H-pyrrole nitrogens is 1. The number of rotatable bonds is 4. The van der Waals surface area contributed by atoms with Crippen LogP contribution in [-0.4, -0.2) is 26.0 Å². The molecule has 1 atom stereocenters. The van der Waals surface area contributed by atoms with E-state index in [-0.39, 0.29) is 0 Å². The van der Waals surface area contributed by atoms with Gasteiger partial charge < -0.3 is 10.1 Å². The lowest BCUT2D eigenvalue weighted by molar-refractivity contribution is -0.141. The quantitative estimate of drug-likeness (QED) is 0.864. The zero-order valence-electron chi connectivity index (χ0n) is 10.3. The van der Waals surface area contributed by atoms with E-state index >= 15 is 0 Å². The van der Waals surface area contributed by atoms with Gasteiger partial charge in [0.1, 0.15) is 5.82 Å². The predicted octanol–water partition coefficient (Wildman–Crippen LogP) is 2.04. The molecule has 0 saturated heterocycles. The van der Waals surface area contributed by atoms with Crippen molar-refractivity contribution >= 4 is 5.97 Å². The first-order valence-electron chi connectivity index (χ1n) is 5.76. The first-order chi connectivity index (χ1) is 8.58. The largest absolute Gasteiger partial charge is 0.481 e. The van der Waals surface area contributed by atoms with Crippen molar-refractivity contribution in [2.24, 2.45) is 5.92 Å². The Morgan fingerprint density at radius 3 is 2.94 bits per heavy atom. The van der Waals surface area contributed by atoms with Crippen molar-refractivity contribution in [2.75, 3.05) is 0 Å². The average molecular weight is 245 g/mol. The molecule has 2 N–H and O–H groups in total. The maximum absolute atomic E-state index is 10.8. The van der Waals surface area contributed by atoms with Gasteiger partial charge in [0.15, 0.2) is 0 Å². The zero-order valence-corrected chi connectivity index (χ0v) is 10.3. The molecule has 0 saturated carbocycles. The third-order valence-corrected chi connectivity index (χ3v) is 2.79. The van der Waals surface area contributed by atoms with E-state index in [0.29, 0.717) is 12.2 Å². The highest BCUT2D eigenvalue weighted by Crippen LogP contribution is 2.20. The Morgan fingerprint density at radius 1 is 1.56 bits per heavy atom. The van der Waals surface area contributed by atoms with Gasteiger partial charge in [0.25, 0.3) is 0 Å². The zero-order chi connectivity index (χ0) is 13.1. The summed E-state index contributed by atoms with van der Waals surface area (Å²) in [6.07, 6.45) is 3.85. The lowest BCUT2D eigenvalue weighted by Gasteiger charge is -2.01. The van der Waals surface area contributed by atoms with Crippen LogP contribution in [0.25, 0.3) is 11.3 Å². The fourth-order valence-corrected chi connectivity index (χ4v) is 1.78. The molecule has 0 aliphatic carbocycles. The number of carboxylic acid groups (broad SMARTS) is 1. The normalized spacial score (nSPS) is 12.3. The maximum Gasteiger partial charge on any atom is 0.306 e. The van der Waals surface area contributed by atoms with Gasteiger partial charge in [-0.05, 0) is 19.1 Å². The fourth-order valence-electron chi connectivity index (χ4n) is 1.78. The van der Waals surface area contributed by atoms with Crippen molar-refractivity contribution in [2.45, 2.75) is 20.3 Å². The molecule has 2 aromatic heterocycles.